The smallest absolute Gasteiger partial charge is 0.208 e. The topological polar surface area (TPSA) is 72.2 Å². The van der Waals surface area contributed by atoms with Crippen LogP contribution >= 0.6 is 0 Å². The molecule has 1 rings (SSSR count). The van der Waals surface area contributed by atoms with E-state index in [1.807, 2.05) is 6.92 Å². The second-order valence-electron chi connectivity index (χ2n) is 3.07. The molecule has 1 aromatic heterocycles. The second-order valence-corrected chi connectivity index (χ2v) is 5.21. The van der Waals surface area contributed by atoms with Gasteiger partial charge in [0.05, 0.1) is 12.7 Å². The van der Waals surface area contributed by atoms with Crippen LogP contribution < -0.4 is 5.32 Å². The number of nitrogens with one attached hydrogen (secondary N) is 1. The van der Waals surface area contributed by atoms with Crippen LogP contribution in [0.3, 0.4) is 0 Å². The zero-order valence-electron chi connectivity index (χ0n) is 8.28. The van der Waals surface area contributed by atoms with Crippen LogP contribution in [-0.2, 0) is 22.1 Å². The maximum atomic E-state index is 10.9. The molecule has 0 aliphatic heterocycles. The molecule has 0 bridgehead atoms. The predicted molar refractivity (Wildman–Crippen MR) is 52.4 cm³/mol. The highest BCUT2D eigenvalue weighted by Crippen LogP contribution is 2.07. The summed E-state index contributed by atoms with van der Waals surface area (Å²) < 4.78 is 27.1. The number of sulfone groups is 1. The third-order valence-electron chi connectivity index (χ3n) is 1.53. The molecule has 1 N–H and O–H groups in total. The maximum absolute atomic E-state index is 10.9. The van der Waals surface area contributed by atoms with Crippen molar-refractivity contribution in [3.8, 4) is 0 Å². The molecule has 1 heterocycles. The minimum atomic E-state index is -3.04. The first-order valence-electron chi connectivity index (χ1n) is 4.33. The second kappa shape index (κ2) is 4.56. The van der Waals surface area contributed by atoms with Crippen LogP contribution in [0.5, 0.6) is 0 Å². The standard InChI is InChI=1S/C8H14N2O3S/c1-3-9-5-8-10-4-7(13-8)6-14(2,11)12/h4,9H,3,5-6H2,1-2H3. The van der Waals surface area contributed by atoms with Gasteiger partial charge in [-0.2, -0.15) is 0 Å². The van der Waals surface area contributed by atoms with E-state index in [0.29, 0.717) is 18.2 Å². The van der Waals surface area contributed by atoms with E-state index in [-0.39, 0.29) is 5.75 Å². The summed E-state index contributed by atoms with van der Waals surface area (Å²) in [5.41, 5.74) is 0. The molecule has 0 aliphatic rings. The molecule has 80 valence electrons. The van der Waals surface area contributed by atoms with Crippen LogP contribution in [0.2, 0.25) is 0 Å². The summed E-state index contributed by atoms with van der Waals surface area (Å²) >= 11 is 0. The molecule has 0 aromatic carbocycles. The normalized spacial score (nSPS) is 11.9. The first kappa shape index (κ1) is 11.2. The third kappa shape index (κ3) is 3.89. The van der Waals surface area contributed by atoms with Gasteiger partial charge in [0.25, 0.3) is 0 Å². The Bertz CT molecular complexity index is 383. The lowest BCUT2D eigenvalue weighted by Crippen LogP contribution is -2.11. The Morgan fingerprint density at radius 2 is 2.29 bits per heavy atom. The van der Waals surface area contributed by atoms with E-state index in [1.165, 1.54) is 12.5 Å². The summed E-state index contributed by atoms with van der Waals surface area (Å²) in [6.07, 6.45) is 2.62. The van der Waals surface area contributed by atoms with Gasteiger partial charge in [-0.25, -0.2) is 13.4 Å². The van der Waals surface area contributed by atoms with E-state index in [4.69, 9.17) is 4.42 Å². The van der Waals surface area contributed by atoms with Crippen molar-refractivity contribution in [2.24, 2.45) is 0 Å². The van der Waals surface area contributed by atoms with Gasteiger partial charge in [-0.15, -0.1) is 0 Å². The average Bonchev–Trinajstić information content (AvgIpc) is 2.46. The Kier molecular flexibility index (Phi) is 3.65. The first-order valence-corrected chi connectivity index (χ1v) is 6.39. The summed E-state index contributed by atoms with van der Waals surface area (Å²) in [6.45, 7) is 3.32. The molecule has 0 saturated carbocycles. The number of rotatable bonds is 5. The van der Waals surface area contributed by atoms with Gasteiger partial charge in [-0.3, -0.25) is 0 Å². The number of aromatic nitrogens is 1. The van der Waals surface area contributed by atoms with E-state index in [0.717, 1.165) is 6.54 Å². The Hall–Kier alpha value is -0.880. The lowest BCUT2D eigenvalue weighted by molar-refractivity contribution is 0.448. The highest BCUT2D eigenvalue weighted by Gasteiger charge is 2.09. The largest absolute Gasteiger partial charge is 0.443 e. The van der Waals surface area contributed by atoms with Gasteiger partial charge in [0.2, 0.25) is 5.89 Å². The summed E-state index contributed by atoms with van der Waals surface area (Å²) in [5, 5.41) is 3.04. The molecule has 0 radical (unpaired) electrons. The lowest BCUT2D eigenvalue weighted by Gasteiger charge is -1.95. The molecule has 0 fully saturated rings. The molecule has 5 nitrogen and oxygen atoms in total. The number of nitrogens with zero attached hydrogens (tertiary/aromatic N) is 1. The quantitative estimate of drug-likeness (QED) is 0.771. The highest BCUT2D eigenvalue weighted by atomic mass is 32.2. The number of hydrogen-bond donors (Lipinski definition) is 1. The fourth-order valence-corrected chi connectivity index (χ4v) is 1.64. The summed E-state index contributed by atoms with van der Waals surface area (Å²) in [7, 11) is -3.04. The Balaban J connectivity index is 2.59. The molecule has 0 saturated heterocycles. The van der Waals surface area contributed by atoms with Crippen molar-refractivity contribution < 1.29 is 12.8 Å². The number of hydrogen-bond acceptors (Lipinski definition) is 5. The minimum absolute atomic E-state index is 0.0911. The van der Waals surface area contributed by atoms with Crippen molar-refractivity contribution in [1.29, 1.82) is 0 Å². The Morgan fingerprint density at radius 3 is 2.86 bits per heavy atom. The number of oxazole rings is 1. The molecule has 0 aliphatic carbocycles. The van der Waals surface area contributed by atoms with Gasteiger partial charge in [-0.05, 0) is 6.54 Å². The van der Waals surface area contributed by atoms with E-state index < -0.39 is 9.84 Å². The lowest BCUT2D eigenvalue weighted by atomic mass is 10.6. The molecule has 0 amide bonds. The molecule has 6 heteroatoms. The fraction of sp³-hybridized carbons (Fsp3) is 0.625. The maximum Gasteiger partial charge on any atom is 0.208 e. The van der Waals surface area contributed by atoms with Crippen LogP contribution in [-0.4, -0.2) is 26.2 Å². The van der Waals surface area contributed by atoms with Gasteiger partial charge in [-0.1, -0.05) is 6.92 Å². The van der Waals surface area contributed by atoms with Crippen LogP contribution in [0.25, 0.3) is 0 Å². The Morgan fingerprint density at radius 1 is 1.57 bits per heavy atom. The summed E-state index contributed by atoms with van der Waals surface area (Å²) in [5.74, 6) is 0.817. The van der Waals surface area contributed by atoms with Gasteiger partial charge in [0.1, 0.15) is 11.5 Å². The monoisotopic (exact) mass is 218 g/mol. The Labute approximate surface area is 83.4 Å². The van der Waals surface area contributed by atoms with Gasteiger partial charge >= 0.3 is 0 Å². The molecule has 0 unspecified atom stereocenters. The zero-order chi connectivity index (χ0) is 10.6. The van der Waals surface area contributed by atoms with E-state index in [2.05, 4.69) is 10.3 Å². The molecule has 0 atom stereocenters. The summed E-state index contributed by atoms with van der Waals surface area (Å²) in [4.78, 5) is 3.94. The molecule has 14 heavy (non-hydrogen) atoms. The fourth-order valence-electron chi connectivity index (χ4n) is 0.987. The van der Waals surface area contributed by atoms with Crippen LogP contribution in [0.1, 0.15) is 18.6 Å². The first-order chi connectivity index (χ1) is 6.51. The SMILES string of the molecule is CCNCc1ncc(CS(C)(=O)=O)o1. The van der Waals surface area contributed by atoms with Crippen LogP contribution in [0.15, 0.2) is 10.6 Å². The molecule has 0 spiro atoms. The zero-order valence-corrected chi connectivity index (χ0v) is 9.10. The van der Waals surface area contributed by atoms with Crippen molar-refractivity contribution in [3.05, 3.63) is 17.8 Å². The van der Waals surface area contributed by atoms with Gasteiger partial charge in [0, 0.05) is 6.26 Å². The third-order valence-corrected chi connectivity index (χ3v) is 2.34. The minimum Gasteiger partial charge on any atom is -0.443 e. The van der Waals surface area contributed by atoms with Crippen LogP contribution in [0.4, 0.5) is 0 Å². The highest BCUT2D eigenvalue weighted by molar-refractivity contribution is 7.89. The van der Waals surface area contributed by atoms with Crippen LogP contribution in [0, 0.1) is 0 Å². The molecule has 1 aromatic rings. The average molecular weight is 218 g/mol. The van der Waals surface area contributed by atoms with Crippen molar-refractivity contribution >= 4 is 9.84 Å². The molecular formula is C8H14N2O3S. The molecular weight excluding hydrogens is 204 g/mol. The van der Waals surface area contributed by atoms with Crippen molar-refractivity contribution in [1.82, 2.24) is 10.3 Å². The van der Waals surface area contributed by atoms with Gasteiger partial charge < -0.3 is 9.73 Å². The van der Waals surface area contributed by atoms with Crippen molar-refractivity contribution in [3.63, 3.8) is 0 Å². The van der Waals surface area contributed by atoms with Crippen molar-refractivity contribution in [2.45, 2.75) is 19.2 Å². The van der Waals surface area contributed by atoms with E-state index in [1.54, 1.807) is 0 Å². The summed E-state index contributed by atoms with van der Waals surface area (Å²) in [6, 6.07) is 0. The van der Waals surface area contributed by atoms with Crippen molar-refractivity contribution in [2.75, 3.05) is 12.8 Å². The predicted octanol–water partition coefficient (Wildman–Crippen LogP) is 0.329. The van der Waals surface area contributed by atoms with E-state index in [9.17, 15) is 8.42 Å². The van der Waals surface area contributed by atoms with Gasteiger partial charge in [0.15, 0.2) is 9.84 Å². The van der Waals surface area contributed by atoms with E-state index >= 15 is 0 Å².